The average Bonchev–Trinajstić information content (AvgIpc) is 2.60. The summed E-state index contributed by atoms with van der Waals surface area (Å²) in [6.45, 7) is 7.22. The van der Waals surface area contributed by atoms with Crippen molar-refractivity contribution in [2.45, 2.75) is 33.1 Å². The first-order chi connectivity index (χ1) is 11.2. The van der Waals surface area contributed by atoms with Crippen LogP contribution in [-0.2, 0) is 9.53 Å². The lowest BCUT2D eigenvalue weighted by molar-refractivity contribution is -0.131. The minimum absolute atomic E-state index is 0.247. The van der Waals surface area contributed by atoms with E-state index in [0.717, 1.165) is 44.8 Å². The lowest BCUT2D eigenvalue weighted by atomic mass is 10.2. The van der Waals surface area contributed by atoms with Crippen LogP contribution in [0.15, 0.2) is 18.3 Å². The van der Waals surface area contributed by atoms with Gasteiger partial charge in [-0.3, -0.25) is 4.79 Å². The second-order valence-corrected chi connectivity index (χ2v) is 5.60. The van der Waals surface area contributed by atoms with E-state index in [-0.39, 0.29) is 11.9 Å². The molecule has 0 saturated carbocycles. The molecule has 1 aliphatic heterocycles. The predicted octanol–water partition coefficient (Wildman–Crippen LogP) is 2.10. The Kier molecular flexibility index (Phi) is 6.38. The number of piperazine rings is 1. The number of ether oxygens (including phenoxy) is 1. The van der Waals surface area contributed by atoms with Crippen LogP contribution in [0, 0.1) is 0 Å². The van der Waals surface area contributed by atoms with Crippen LogP contribution in [0.25, 0.3) is 0 Å². The highest BCUT2D eigenvalue weighted by Crippen LogP contribution is 2.15. The van der Waals surface area contributed by atoms with Crippen molar-refractivity contribution >= 4 is 17.7 Å². The Morgan fingerprint density at radius 1 is 1.17 bits per heavy atom. The van der Waals surface area contributed by atoms with E-state index >= 15 is 0 Å². The molecule has 1 saturated heterocycles. The van der Waals surface area contributed by atoms with Crippen LogP contribution < -0.4 is 4.90 Å². The molecule has 1 fully saturated rings. The molecule has 1 aromatic rings. The van der Waals surface area contributed by atoms with Crippen LogP contribution in [0.2, 0.25) is 0 Å². The van der Waals surface area contributed by atoms with Gasteiger partial charge in [0, 0.05) is 38.8 Å². The van der Waals surface area contributed by atoms with E-state index < -0.39 is 0 Å². The number of rotatable bonds is 6. The summed E-state index contributed by atoms with van der Waals surface area (Å²) in [5.41, 5.74) is 0.462. The summed E-state index contributed by atoms with van der Waals surface area (Å²) >= 11 is 0. The molecule has 2 heterocycles. The fourth-order valence-electron chi connectivity index (χ4n) is 2.58. The number of carbonyl (C=O) groups excluding carboxylic acids is 2. The third kappa shape index (κ3) is 4.68. The topological polar surface area (TPSA) is 62.7 Å². The number of hydrogen-bond acceptors (Lipinski definition) is 5. The largest absolute Gasteiger partial charge is 0.462 e. The summed E-state index contributed by atoms with van der Waals surface area (Å²) in [5, 5.41) is 0. The van der Waals surface area contributed by atoms with E-state index in [9.17, 15) is 9.59 Å². The predicted molar refractivity (Wildman–Crippen MR) is 88.5 cm³/mol. The van der Waals surface area contributed by atoms with Gasteiger partial charge in [0.1, 0.15) is 5.82 Å². The zero-order valence-electron chi connectivity index (χ0n) is 14.0. The molecule has 0 bridgehead atoms. The van der Waals surface area contributed by atoms with Gasteiger partial charge in [0.05, 0.1) is 12.2 Å². The third-order valence-corrected chi connectivity index (χ3v) is 3.96. The quantitative estimate of drug-likeness (QED) is 0.751. The standard InChI is InChI=1S/C17H25N3O3/c1-3-5-6-16(21)20-11-9-19(10-12-20)15-8-7-14(13-18-15)17(22)23-4-2/h7-8,13H,3-6,9-12H2,1-2H3. The Morgan fingerprint density at radius 3 is 2.48 bits per heavy atom. The fraction of sp³-hybridized carbons (Fsp3) is 0.588. The molecule has 2 rings (SSSR count). The van der Waals surface area contributed by atoms with Gasteiger partial charge in [-0.15, -0.1) is 0 Å². The zero-order valence-corrected chi connectivity index (χ0v) is 14.0. The van der Waals surface area contributed by atoms with E-state index in [0.29, 0.717) is 18.6 Å². The number of nitrogens with zero attached hydrogens (tertiary/aromatic N) is 3. The SMILES string of the molecule is CCCCC(=O)N1CCN(c2ccc(C(=O)OCC)cn2)CC1. The van der Waals surface area contributed by atoms with Crippen molar-refractivity contribution in [2.75, 3.05) is 37.7 Å². The highest BCUT2D eigenvalue weighted by atomic mass is 16.5. The molecule has 1 aliphatic rings. The molecular formula is C17H25N3O3. The van der Waals surface area contributed by atoms with E-state index in [4.69, 9.17) is 4.74 Å². The molecule has 126 valence electrons. The molecule has 0 aromatic carbocycles. The van der Waals surface area contributed by atoms with Gasteiger partial charge >= 0.3 is 5.97 Å². The summed E-state index contributed by atoms with van der Waals surface area (Å²) in [6.07, 6.45) is 4.19. The number of carbonyl (C=O) groups is 2. The van der Waals surface area contributed by atoms with Crippen LogP contribution >= 0.6 is 0 Å². The monoisotopic (exact) mass is 319 g/mol. The maximum atomic E-state index is 12.0. The van der Waals surface area contributed by atoms with Gasteiger partial charge in [-0.25, -0.2) is 9.78 Å². The summed E-state index contributed by atoms with van der Waals surface area (Å²) in [6, 6.07) is 3.57. The van der Waals surface area contributed by atoms with Crippen molar-refractivity contribution in [3.63, 3.8) is 0 Å². The smallest absolute Gasteiger partial charge is 0.339 e. The number of amides is 1. The zero-order chi connectivity index (χ0) is 16.7. The van der Waals surface area contributed by atoms with Crippen LogP contribution in [0.3, 0.4) is 0 Å². The number of esters is 1. The summed E-state index contributed by atoms with van der Waals surface area (Å²) in [7, 11) is 0. The van der Waals surface area contributed by atoms with Crippen molar-refractivity contribution < 1.29 is 14.3 Å². The Labute approximate surface area is 137 Å². The van der Waals surface area contributed by atoms with Crippen LogP contribution in [0.1, 0.15) is 43.5 Å². The second-order valence-electron chi connectivity index (χ2n) is 5.60. The number of aromatic nitrogens is 1. The van der Waals surface area contributed by atoms with Gasteiger partial charge in [-0.1, -0.05) is 13.3 Å². The van der Waals surface area contributed by atoms with Crippen LogP contribution in [0.5, 0.6) is 0 Å². The molecule has 0 unspecified atom stereocenters. The third-order valence-electron chi connectivity index (χ3n) is 3.96. The first-order valence-corrected chi connectivity index (χ1v) is 8.31. The van der Waals surface area contributed by atoms with Gasteiger partial charge in [0.2, 0.25) is 5.91 Å². The normalized spacial score (nSPS) is 14.7. The molecule has 0 N–H and O–H groups in total. The van der Waals surface area contributed by atoms with E-state index in [2.05, 4.69) is 16.8 Å². The minimum Gasteiger partial charge on any atom is -0.462 e. The molecule has 6 nitrogen and oxygen atoms in total. The molecular weight excluding hydrogens is 294 g/mol. The average molecular weight is 319 g/mol. The number of hydrogen-bond donors (Lipinski definition) is 0. The molecule has 1 aromatic heterocycles. The Hall–Kier alpha value is -2.11. The van der Waals surface area contributed by atoms with E-state index in [1.54, 1.807) is 19.2 Å². The molecule has 0 atom stereocenters. The van der Waals surface area contributed by atoms with Gasteiger partial charge in [0.15, 0.2) is 0 Å². The molecule has 1 amide bonds. The van der Waals surface area contributed by atoms with E-state index in [1.165, 1.54) is 0 Å². The number of pyridine rings is 1. The number of unbranched alkanes of at least 4 members (excludes halogenated alkanes) is 1. The molecule has 6 heteroatoms. The Morgan fingerprint density at radius 2 is 1.91 bits per heavy atom. The maximum Gasteiger partial charge on any atom is 0.339 e. The highest BCUT2D eigenvalue weighted by Gasteiger charge is 2.21. The van der Waals surface area contributed by atoms with Crippen molar-refractivity contribution in [2.24, 2.45) is 0 Å². The van der Waals surface area contributed by atoms with Crippen LogP contribution in [0.4, 0.5) is 5.82 Å². The van der Waals surface area contributed by atoms with Gasteiger partial charge in [-0.2, -0.15) is 0 Å². The van der Waals surface area contributed by atoms with Crippen molar-refractivity contribution in [3.05, 3.63) is 23.9 Å². The Bertz CT molecular complexity index is 522. The fourth-order valence-corrected chi connectivity index (χ4v) is 2.58. The molecule has 0 aliphatic carbocycles. The van der Waals surface area contributed by atoms with Gasteiger partial charge in [-0.05, 0) is 25.5 Å². The van der Waals surface area contributed by atoms with Gasteiger partial charge < -0.3 is 14.5 Å². The first kappa shape index (κ1) is 17.2. The lowest BCUT2D eigenvalue weighted by Gasteiger charge is -2.35. The number of anilines is 1. The maximum absolute atomic E-state index is 12.0. The molecule has 0 spiro atoms. The summed E-state index contributed by atoms with van der Waals surface area (Å²) in [4.78, 5) is 32.1. The molecule has 23 heavy (non-hydrogen) atoms. The molecule has 0 radical (unpaired) electrons. The van der Waals surface area contributed by atoms with Gasteiger partial charge in [0.25, 0.3) is 0 Å². The Balaban J connectivity index is 1.87. The minimum atomic E-state index is -0.349. The first-order valence-electron chi connectivity index (χ1n) is 8.31. The van der Waals surface area contributed by atoms with E-state index in [1.807, 2.05) is 11.0 Å². The van der Waals surface area contributed by atoms with Crippen LogP contribution in [-0.4, -0.2) is 54.5 Å². The summed E-state index contributed by atoms with van der Waals surface area (Å²) in [5.74, 6) is 0.730. The second kappa shape index (κ2) is 8.50. The van der Waals surface area contributed by atoms with Crippen molar-refractivity contribution in [1.29, 1.82) is 0 Å². The highest BCUT2D eigenvalue weighted by molar-refractivity contribution is 5.89. The lowest BCUT2D eigenvalue weighted by Crippen LogP contribution is -2.49. The van der Waals surface area contributed by atoms with Crippen molar-refractivity contribution in [3.8, 4) is 0 Å². The van der Waals surface area contributed by atoms with Crippen molar-refractivity contribution in [1.82, 2.24) is 9.88 Å². The summed E-state index contributed by atoms with van der Waals surface area (Å²) < 4.78 is 4.95.